The van der Waals surface area contributed by atoms with Crippen LogP contribution in [0.5, 0.6) is 0 Å². The summed E-state index contributed by atoms with van der Waals surface area (Å²) in [5, 5.41) is 1.08. The number of carbonyl (C=O) groups is 1. The number of amides is 1. The number of carbonyl (C=O) groups excluding carboxylic acids is 1. The summed E-state index contributed by atoms with van der Waals surface area (Å²) < 4.78 is 0. The van der Waals surface area contributed by atoms with Crippen molar-refractivity contribution in [3.63, 3.8) is 0 Å². The second-order valence-corrected chi connectivity index (χ2v) is 5.80. The molecule has 0 bridgehead atoms. The van der Waals surface area contributed by atoms with Gasteiger partial charge >= 0.3 is 0 Å². The average Bonchev–Trinajstić information content (AvgIpc) is 2.86. The van der Waals surface area contributed by atoms with Gasteiger partial charge in [-0.3, -0.25) is 4.79 Å². The summed E-state index contributed by atoms with van der Waals surface area (Å²) in [6.45, 7) is 2.09. The van der Waals surface area contributed by atoms with E-state index in [0.717, 1.165) is 23.1 Å². The topological polar surface area (TPSA) is 36.1 Å². The average molecular weight is 276 g/mol. The van der Waals surface area contributed by atoms with Crippen LogP contribution in [-0.2, 0) is 0 Å². The number of H-pyrrole nitrogens is 1. The number of fused-ring (bicyclic) bond motifs is 1. The van der Waals surface area contributed by atoms with Crippen LogP contribution in [-0.4, -0.2) is 40.9 Å². The lowest BCUT2D eigenvalue weighted by Gasteiger charge is -2.24. The highest BCUT2D eigenvalue weighted by atomic mass is 32.2. The van der Waals surface area contributed by atoms with Crippen LogP contribution >= 0.6 is 11.8 Å². The Morgan fingerprint density at radius 3 is 2.84 bits per heavy atom. The summed E-state index contributed by atoms with van der Waals surface area (Å²) in [6.07, 6.45) is 3.11. The first-order valence-corrected chi connectivity index (χ1v) is 7.86. The smallest absolute Gasteiger partial charge is 0.270 e. The van der Waals surface area contributed by atoms with Gasteiger partial charge in [0.15, 0.2) is 0 Å². The molecule has 0 spiro atoms. The van der Waals surface area contributed by atoms with Crippen LogP contribution in [0.15, 0.2) is 30.3 Å². The first-order valence-electron chi connectivity index (χ1n) is 6.47. The van der Waals surface area contributed by atoms with Crippen molar-refractivity contribution in [1.29, 1.82) is 0 Å². The summed E-state index contributed by atoms with van der Waals surface area (Å²) in [5.41, 5.74) is 1.68. The first kappa shape index (κ1) is 14.0. The number of thioether (sulfide) groups is 1. The molecule has 0 aliphatic heterocycles. The minimum Gasteiger partial charge on any atom is -0.351 e. The molecule has 4 heteroatoms. The van der Waals surface area contributed by atoms with Crippen molar-refractivity contribution in [2.24, 2.45) is 0 Å². The first-order chi connectivity index (χ1) is 9.13. The molecule has 0 saturated heterocycles. The zero-order chi connectivity index (χ0) is 13.8. The Morgan fingerprint density at radius 2 is 2.16 bits per heavy atom. The summed E-state index contributed by atoms with van der Waals surface area (Å²) in [5.74, 6) is 1.13. The molecule has 0 saturated carbocycles. The molecule has 1 N–H and O–H groups in total. The van der Waals surface area contributed by atoms with Crippen molar-refractivity contribution in [2.45, 2.75) is 19.4 Å². The number of para-hydroxylation sites is 1. The SMILES string of the molecule is CSCCC(C)N(C)C(=O)c1cc2ccccc2[nH]1. The molecule has 1 heterocycles. The lowest BCUT2D eigenvalue weighted by molar-refractivity contribution is 0.0736. The molecule has 3 nitrogen and oxygen atoms in total. The van der Waals surface area contributed by atoms with Gasteiger partial charge in [0.25, 0.3) is 5.91 Å². The molecule has 2 rings (SSSR count). The van der Waals surface area contributed by atoms with Gasteiger partial charge in [0, 0.05) is 24.0 Å². The lowest BCUT2D eigenvalue weighted by Crippen LogP contribution is -2.35. The molecule has 0 fully saturated rings. The molecule has 1 amide bonds. The number of benzene rings is 1. The van der Waals surface area contributed by atoms with Gasteiger partial charge in [-0.2, -0.15) is 11.8 Å². The predicted octanol–water partition coefficient (Wildman–Crippen LogP) is 3.38. The number of hydrogen-bond acceptors (Lipinski definition) is 2. The number of nitrogens with zero attached hydrogens (tertiary/aromatic N) is 1. The molecule has 0 aliphatic rings. The number of nitrogens with one attached hydrogen (secondary N) is 1. The van der Waals surface area contributed by atoms with Crippen molar-refractivity contribution in [3.8, 4) is 0 Å². The Morgan fingerprint density at radius 1 is 1.42 bits per heavy atom. The van der Waals surface area contributed by atoms with E-state index in [1.165, 1.54) is 0 Å². The maximum atomic E-state index is 12.4. The summed E-state index contributed by atoms with van der Waals surface area (Å²) in [4.78, 5) is 17.4. The Balaban J connectivity index is 2.14. The Bertz CT molecular complexity index is 531. The van der Waals surface area contributed by atoms with E-state index in [4.69, 9.17) is 0 Å². The van der Waals surface area contributed by atoms with E-state index in [2.05, 4.69) is 18.2 Å². The molecule has 19 heavy (non-hydrogen) atoms. The van der Waals surface area contributed by atoms with E-state index in [0.29, 0.717) is 5.69 Å². The third-order valence-electron chi connectivity index (χ3n) is 3.48. The number of hydrogen-bond donors (Lipinski definition) is 1. The predicted molar refractivity (Wildman–Crippen MR) is 82.9 cm³/mol. The summed E-state index contributed by atoms with van der Waals surface area (Å²) in [7, 11) is 1.87. The third kappa shape index (κ3) is 3.13. The quantitative estimate of drug-likeness (QED) is 0.908. The van der Waals surface area contributed by atoms with Crippen LogP contribution in [0.4, 0.5) is 0 Å². The van der Waals surface area contributed by atoms with Gasteiger partial charge in [-0.25, -0.2) is 0 Å². The number of aromatic amines is 1. The molecule has 2 aromatic rings. The van der Waals surface area contributed by atoms with E-state index in [1.807, 2.05) is 54.0 Å². The highest BCUT2D eigenvalue weighted by Gasteiger charge is 2.18. The second-order valence-electron chi connectivity index (χ2n) is 4.82. The van der Waals surface area contributed by atoms with E-state index >= 15 is 0 Å². The van der Waals surface area contributed by atoms with Gasteiger partial charge in [0.1, 0.15) is 5.69 Å². The number of rotatable bonds is 5. The molecular weight excluding hydrogens is 256 g/mol. The Hall–Kier alpha value is -1.42. The fraction of sp³-hybridized carbons (Fsp3) is 0.400. The third-order valence-corrected chi connectivity index (χ3v) is 4.13. The van der Waals surface area contributed by atoms with Gasteiger partial charge in [0.2, 0.25) is 0 Å². The standard InChI is InChI=1S/C15H20N2OS/c1-11(8-9-19-3)17(2)15(18)14-10-12-6-4-5-7-13(12)16-14/h4-7,10-11,16H,8-9H2,1-3H3. The van der Waals surface area contributed by atoms with Gasteiger partial charge in [-0.05, 0) is 37.5 Å². The number of aromatic nitrogens is 1. The minimum atomic E-state index is 0.0600. The largest absolute Gasteiger partial charge is 0.351 e. The lowest BCUT2D eigenvalue weighted by atomic mass is 10.2. The van der Waals surface area contributed by atoms with Crippen molar-refractivity contribution >= 4 is 28.6 Å². The van der Waals surface area contributed by atoms with Gasteiger partial charge < -0.3 is 9.88 Å². The molecule has 1 unspecified atom stereocenters. The molecule has 102 valence electrons. The monoisotopic (exact) mass is 276 g/mol. The molecule has 1 aromatic carbocycles. The van der Waals surface area contributed by atoms with E-state index in [-0.39, 0.29) is 11.9 Å². The van der Waals surface area contributed by atoms with Crippen molar-refractivity contribution in [3.05, 3.63) is 36.0 Å². The molecule has 0 aliphatic carbocycles. The fourth-order valence-corrected chi connectivity index (χ4v) is 2.64. The van der Waals surface area contributed by atoms with E-state index in [9.17, 15) is 4.79 Å². The fourth-order valence-electron chi connectivity index (χ4n) is 2.06. The van der Waals surface area contributed by atoms with Gasteiger partial charge in [0.05, 0.1) is 0 Å². The van der Waals surface area contributed by atoms with Crippen LogP contribution in [0, 0.1) is 0 Å². The maximum absolute atomic E-state index is 12.4. The highest BCUT2D eigenvalue weighted by Crippen LogP contribution is 2.17. The van der Waals surface area contributed by atoms with Crippen LogP contribution in [0.2, 0.25) is 0 Å². The Labute approximate surface area is 118 Å². The maximum Gasteiger partial charge on any atom is 0.270 e. The van der Waals surface area contributed by atoms with Crippen molar-refractivity contribution < 1.29 is 4.79 Å². The summed E-state index contributed by atoms with van der Waals surface area (Å²) in [6, 6.07) is 10.1. The molecule has 1 atom stereocenters. The zero-order valence-electron chi connectivity index (χ0n) is 11.6. The van der Waals surface area contributed by atoms with Crippen LogP contribution in [0.3, 0.4) is 0 Å². The second kappa shape index (κ2) is 6.15. The highest BCUT2D eigenvalue weighted by molar-refractivity contribution is 7.98. The normalized spacial score (nSPS) is 12.6. The minimum absolute atomic E-state index is 0.0600. The molecule has 0 radical (unpaired) electrons. The van der Waals surface area contributed by atoms with E-state index < -0.39 is 0 Å². The van der Waals surface area contributed by atoms with E-state index in [1.54, 1.807) is 0 Å². The van der Waals surface area contributed by atoms with Gasteiger partial charge in [-0.15, -0.1) is 0 Å². The zero-order valence-corrected chi connectivity index (χ0v) is 12.5. The van der Waals surface area contributed by atoms with Crippen molar-refractivity contribution in [2.75, 3.05) is 19.1 Å². The van der Waals surface area contributed by atoms with Gasteiger partial charge in [-0.1, -0.05) is 18.2 Å². The van der Waals surface area contributed by atoms with Crippen LogP contribution in [0.1, 0.15) is 23.8 Å². The van der Waals surface area contributed by atoms with Crippen LogP contribution < -0.4 is 0 Å². The molecule has 1 aromatic heterocycles. The molecular formula is C15H20N2OS. The van der Waals surface area contributed by atoms with Crippen molar-refractivity contribution in [1.82, 2.24) is 9.88 Å². The van der Waals surface area contributed by atoms with Crippen LogP contribution in [0.25, 0.3) is 10.9 Å². The summed E-state index contributed by atoms with van der Waals surface area (Å²) >= 11 is 1.81. The Kier molecular flexibility index (Phi) is 4.53.